The minimum absolute atomic E-state index is 0.0519. The molecule has 2 amide bonds. The molecule has 0 aromatic carbocycles. The van der Waals surface area contributed by atoms with E-state index in [4.69, 9.17) is 4.74 Å². The van der Waals surface area contributed by atoms with Crippen LogP contribution in [0.15, 0.2) is 6.07 Å². The first kappa shape index (κ1) is 16.8. The number of carbonyl (C=O) groups is 2. The number of aryl methyl sites for hydroxylation is 1. The highest BCUT2D eigenvalue weighted by Crippen LogP contribution is 2.22. The molecule has 2 fully saturated rings. The summed E-state index contributed by atoms with van der Waals surface area (Å²) in [5.41, 5.74) is 1.03. The zero-order valence-electron chi connectivity index (χ0n) is 14.3. The summed E-state index contributed by atoms with van der Waals surface area (Å²) in [4.78, 5) is 30.5. The Morgan fingerprint density at radius 1 is 1.38 bits per heavy atom. The summed E-state index contributed by atoms with van der Waals surface area (Å²) in [6.45, 7) is 6.44. The van der Waals surface area contributed by atoms with Gasteiger partial charge in [-0.15, -0.1) is 0 Å². The predicted molar refractivity (Wildman–Crippen MR) is 88.7 cm³/mol. The summed E-state index contributed by atoms with van der Waals surface area (Å²) < 4.78 is 5.02. The molecule has 132 valence electrons. The van der Waals surface area contributed by atoms with Crippen LogP contribution >= 0.6 is 0 Å². The lowest BCUT2D eigenvalue weighted by Gasteiger charge is -2.35. The number of likely N-dealkylation sites (tertiary alicyclic amines) is 1. The first-order valence-corrected chi connectivity index (χ1v) is 8.41. The highest BCUT2D eigenvalue weighted by atomic mass is 16.5. The van der Waals surface area contributed by atoms with Crippen LogP contribution in [0.3, 0.4) is 0 Å². The largest absolute Gasteiger partial charge is 0.383 e. The van der Waals surface area contributed by atoms with Crippen LogP contribution in [0.25, 0.3) is 0 Å². The molecule has 0 spiro atoms. The molecule has 2 aliphatic rings. The van der Waals surface area contributed by atoms with E-state index in [2.05, 4.69) is 15.1 Å². The molecule has 0 bridgehead atoms. The first-order chi connectivity index (χ1) is 11.6. The second-order valence-corrected chi connectivity index (χ2v) is 6.46. The van der Waals surface area contributed by atoms with Gasteiger partial charge in [0.25, 0.3) is 0 Å². The van der Waals surface area contributed by atoms with Crippen LogP contribution in [0.1, 0.15) is 12.1 Å². The third-order valence-electron chi connectivity index (χ3n) is 4.74. The molecule has 0 radical (unpaired) electrons. The topological polar surface area (TPSA) is 81.8 Å². The molecule has 1 aromatic rings. The number of carbonyl (C=O) groups excluding carboxylic acids is 2. The van der Waals surface area contributed by atoms with E-state index < -0.39 is 0 Å². The van der Waals surface area contributed by atoms with Crippen LogP contribution in [0.4, 0.5) is 5.82 Å². The van der Waals surface area contributed by atoms with E-state index in [1.54, 1.807) is 12.0 Å². The van der Waals surface area contributed by atoms with E-state index in [-0.39, 0.29) is 17.7 Å². The molecule has 8 nitrogen and oxygen atoms in total. The van der Waals surface area contributed by atoms with Gasteiger partial charge < -0.3 is 19.4 Å². The van der Waals surface area contributed by atoms with Crippen LogP contribution in [0.2, 0.25) is 0 Å². The first-order valence-electron chi connectivity index (χ1n) is 8.41. The lowest BCUT2D eigenvalue weighted by molar-refractivity contribution is -0.136. The van der Waals surface area contributed by atoms with Crippen molar-refractivity contribution in [3.8, 4) is 0 Å². The van der Waals surface area contributed by atoms with Crippen molar-refractivity contribution in [2.24, 2.45) is 5.92 Å². The molecule has 3 rings (SSSR count). The Morgan fingerprint density at radius 3 is 2.75 bits per heavy atom. The summed E-state index contributed by atoms with van der Waals surface area (Å²) in [7, 11) is 1.61. The SMILES string of the molecule is COCCN1CC(C(=O)N2CCN(c3cc(C)[nH]n3)CC2)CC1=O. The van der Waals surface area contributed by atoms with Crippen LogP contribution in [-0.2, 0) is 14.3 Å². The van der Waals surface area contributed by atoms with Gasteiger partial charge in [0.1, 0.15) is 0 Å². The third-order valence-corrected chi connectivity index (χ3v) is 4.74. The van der Waals surface area contributed by atoms with Gasteiger partial charge in [0, 0.05) is 64.6 Å². The minimum atomic E-state index is -0.214. The summed E-state index contributed by atoms with van der Waals surface area (Å²) in [6, 6.07) is 2.01. The van der Waals surface area contributed by atoms with Crippen molar-refractivity contribution in [1.29, 1.82) is 0 Å². The summed E-state index contributed by atoms with van der Waals surface area (Å²) in [5.74, 6) is 0.868. The van der Waals surface area contributed by atoms with Crippen molar-refractivity contribution in [3.05, 3.63) is 11.8 Å². The third kappa shape index (κ3) is 3.53. The number of aromatic nitrogens is 2. The molecular formula is C16H25N5O3. The number of ether oxygens (including phenoxy) is 1. The van der Waals surface area contributed by atoms with E-state index >= 15 is 0 Å². The molecule has 1 unspecified atom stereocenters. The van der Waals surface area contributed by atoms with Gasteiger partial charge >= 0.3 is 0 Å². The normalized spacial score (nSPS) is 21.7. The van der Waals surface area contributed by atoms with E-state index in [1.807, 2.05) is 17.9 Å². The highest BCUT2D eigenvalue weighted by Gasteiger charge is 2.37. The Kier molecular flexibility index (Phi) is 5.03. The average Bonchev–Trinajstić information content (AvgIpc) is 3.18. The monoisotopic (exact) mass is 335 g/mol. The van der Waals surface area contributed by atoms with E-state index in [9.17, 15) is 9.59 Å². The van der Waals surface area contributed by atoms with E-state index in [0.29, 0.717) is 39.2 Å². The molecule has 1 N–H and O–H groups in total. The van der Waals surface area contributed by atoms with Gasteiger partial charge in [-0.05, 0) is 6.92 Å². The molecule has 2 saturated heterocycles. The number of anilines is 1. The maximum atomic E-state index is 12.7. The Labute approximate surface area is 141 Å². The number of H-pyrrole nitrogens is 1. The van der Waals surface area contributed by atoms with Gasteiger partial charge in [0.15, 0.2) is 5.82 Å². The summed E-state index contributed by atoms with van der Waals surface area (Å²) in [5, 5.41) is 7.22. The fraction of sp³-hybridized carbons (Fsp3) is 0.688. The average molecular weight is 335 g/mol. The standard InChI is InChI=1S/C16H25N5O3/c1-12-9-14(18-17-12)19-3-5-20(6-4-19)16(23)13-10-15(22)21(11-13)7-8-24-2/h9,13H,3-8,10-11H2,1-2H3,(H,17,18). The van der Waals surface area contributed by atoms with Crippen molar-refractivity contribution < 1.29 is 14.3 Å². The zero-order chi connectivity index (χ0) is 17.1. The Hall–Kier alpha value is -2.09. The summed E-state index contributed by atoms with van der Waals surface area (Å²) in [6.07, 6.45) is 0.321. The fourth-order valence-electron chi connectivity index (χ4n) is 3.33. The second-order valence-electron chi connectivity index (χ2n) is 6.46. The van der Waals surface area contributed by atoms with Crippen molar-refractivity contribution in [2.75, 3.05) is 57.9 Å². The molecule has 1 aromatic heterocycles. The van der Waals surface area contributed by atoms with E-state index in [1.165, 1.54) is 0 Å². The number of nitrogens with zero attached hydrogens (tertiary/aromatic N) is 4. The van der Waals surface area contributed by atoms with Gasteiger partial charge in [-0.25, -0.2) is 0 Å². The Bertz CT molecular complexity index is 594. The second kappa shape index (κ2) is 7.21. The van der Waals surface area contributed by atoms with E-state index in [0.717, 1.165) is 24.6 Å². The predicted octanol–water partition coefficient (Wildman–Crippen LogP) is -0.138. The molecule has 3 heterocycles. The fourth-order valence-corrected chi connectivity index (χ4v) is 3.33. The molecule has 1 atom stereocenters. The van der Waals surface area contributed by atoms with Crippen LogP contribution in [-0.4, -0.2) is 84.8 Å². The molecule has 2 aliphatic heterocycles. The zero-order valence-corrected chi connectivity index (χ0v) is 14.3. The van der Waals surface area contributed by atoms with Gasteiger partial charge in [-0.1, -0.05) is 0 Å². The lowest BCUT2D eigenvalue weighted by Crippen LogP contribution is -2.50. The molecular weight excluding hydrogens is 310 g/mol. The molecule has 0 aliphatic carbocycles. The summed E-state index contributed by atoms with van der Waals surface area (Å²) >= 11 is 0. The van der Waals surface area contributed by atoms with Crippen molar-refractivity contribution in [1.82, 2.24) is 20.0 Å². The maximum Gasteiger partial charge on any atom is 0.228 e. The number of methoxy groups -OCH3 is 1. The Morgan fingerprint density at radius 2 is 2.12 bits per heavy atom. The number of piperazine rings is 1. The number of amides is 2. The van der Waals surface area contributed by atoms with Crippen LogP contribution < -0.4 is 4.90 Å². The molecule has 24 heavy (non-hydrogen) atoms. The number of aromatic amines is 1. The number of hydrogen-bond donors (Lipinski definition) is 1. The number of nitrogens with one attached hydrogen (secondary N) is 1. The minimum Gasteiger partial charge on any atom is -0.383 e. The number of hydrogen-bond acceptors (Lipinski definition) is 5. The quantitative estimate of drug-likeness (QED) is 0.810. The highest BCUT2D eigenvalue weighted by molar-refractivity contribution is 5.89. The van der Waals surface area contributed by atoms with Gasteiger partial charge in [-0.3, -0.25) is 14.7 Å². The maximum absolute atomic E-state index is 12.7. The smallest absolute Gasteiger partial charge is 0.228 e. The molecule has 0 saturated carbocycles. The van der Waals surface area contributed by atoms with Gasteiger partial charge in [0.2, 0.25) is 11.8 Å². The van der Waals surface area contributed by atoms with Crippen LogP contribution in [0, 0.1) is 12.8 Å². The van der Waals surface area contributed by atoms with Crippen molar-refractivity contribution in [2.45, 2.75) is 13.3 Å². The number of rotatable bonds is 5. The lowest BCUT2D eigenvalue weighted by atomic mass is 10.1. The van der Waals surface area contributed by atoms with Crippen molar-refractivity contribution in [3.63, 3.8) is 0 Å². The van der Waals surface area contributed by atoms with Crippen molar-refractivity contribution >= 4 is 17.6 Å². The van der Waals surface area contributed by atoms with Gasteiger partial charge in [0.05, 0.1) is 12.5 Å². The van der Waals surface area contributed by atoms with Crippen LogP contribution in [0.5, 0.6) is 0 Å². The molecule has 8 heteroatoms. The van der Waals surface area contributed by atoms with Gasteiger partial charge in [-0.2, -0.15) is 5.10 Å². The Balaban J connectivity index is 1.51.